The summed E-state index contributed by atoms with van der Waals surface area (Å²) in [6, 6.07) is 10.9. The topological polar surface area (TPSA) is 12.9 Å². The summed E-state index contributed by atoms with van der Waals surface area (Å²) >= 11 is 1.48. The molecule has 0 N–H and O–H groups in total. The first-order chi connectivity index (χ1) is 9.47. The lowest BCUT2D eigenvalue weighted by molar-refractivity contribution is -0.137. The summed E-state index contributed by atoms with van der Waals surface area (Å²) in [6.45, 7) is 1.85. The number of aryl methyl sites for hydroxylation is 1. The smallest absolute Gasteiger partial charge is 0.241 e. The number of benzene rings is 2. The van der Waals surface area contributed by atoms with E-state index in [2.05, 4.69) is 4.98 Å². The summed E-state index contributed by atoms with van der Waals surface area (Å²) in [6.07, 6.45) is -4.37. The van der Waals surface area contributed by atoms with E-state index in [0.29, 0.717) is 11.1 Å². The molecule has 0 aliphatic heterocycles. The minimum atomic E-state index is -4.37. The zero-order valence-corrected chi connectivity index (χ0v) is 11.3. The SMILES string of the molecule is Cc1nc2c(-c3ccccc3C(F)(F)F)cccc2s1. The molecule has 5 heteroatoms. The van der Waals surface area contributed by atoms with Gasteiger partial charge in [-0.1, -0.05) is 30.3 Å². The van der Waals surface area contributed by atoms with E-state index in [1.807, 2.05) is 13.0 Å². The van der Waals surface area contributed by atoms with Crippen molar-refractivity contribution in [3.05, 3.63) is 53.0 Å². The Bertz CT molecular complexity index is 774. The molecule has 1 nitrogen and oxygen atoms in total. The summed E-state index contributed by atoms with van der Waals surface area (Å²) in [5.41, 5.74) is 0.709. The molecule has 3 aromatic rings. The van der Waals surface area contributed by atoms with Crippen LogP contribution in [0.1, 0.15) is 10.6 Å². The second-order valence-corrected chi connectivity index (χ2v) is 5.66. The van der Waals surface area contributed by atoms with Crippen molar-refractivity contribution in [2.45, 2.75) is 13.1 Å². The number of fused-ring (bicyclic) bond motifs is 1. The molecule has 0 aliphatic rings. The zero-order valence-electron chi connectivity index (χ0n) is 10.5. The van der Waals surface area contributed by atoms with E-state index in [4.69, 9.17) is 0 Å². The first kappa shape index (κ1) is 13.1. The number of rotatable bonds is 1. The van der Waals surface area contributed by atoms with Crippen LogP contribution < -0.4 is 0 Å². The van der Waals surface area contributed by atoms with Gasteiger partial charge in [-0.15, -0.1) is 11.3 Å². The highest BCUT2D eigenvalue weighted by Gasteiger charge is 2.33. The highest BCUT2D eigenvalue weighted by molar-refractivity contribution is 7.18. The van der Waals surface area contributed by atoms with Crippen molar-refractivity contribution < 1.29 is 13.2 Å². The van der Waals surface area contributed by atoms with Crippen molar-refractivity contribution in [2.24, 2.45) is 0 Å². The zero-order chi connectivity index (χ0) is 14.3. The van der Waals surface area contributed by atoms with Gasteiger partial charge >= 0.3 is 6.18 Å². The normalized spacial score (nSPS) is 12.0. The molecular weight excluding hydrogens is 283 g/mol. The Balaban J connectivity index is 2.32. The van der Waals surface area contributed by atoms with Crippen molar-refractivity contribution in [1.29, 1.82) is 0 Å². The van der Waals surface area contributed by atoms with Gasteiger partial charge in [0.2, 0.25) is 0 Å². The van der Waals surface area contributed by atoms with Gasteiger partial charge in [0, 0.05) is 5.56 Å². The minimum Gasteiger partial charge on any atom is -0.241 e. The Morgan fingerprint density at radius 3 is 2.40 bits per heavy atom. The van der Waals surface area contributed by atoms with Crippen LogP contribution in [0.15, 0.2) is 42.5 Å². The molecule has 1 aromatic heterocycles. The molecule has 102 valence electrons. The Hall–Kier alpha value is -1.88. The molecule has 0 spiro atoms. The van der Waals surface area contributed by atoms with Crippen molar-refractivity contribution in [3.8, 4) is 11.1 Å². The molecule has 3 rings (SSSR count). The van der Waals surface area contributed by atoms with Gasteiger partial charge in [0.1, 0.15) is 0 Å². The van der Waals surface area contributed by atoms with E-state index in [-0.39, 0.29) is 5.56 Å². The lowest BCUT2D eigenvalue weighted by Crippen LogP contribution is -2.06. The van der Waals surface area contributed by atoms with Gasteiger partial charge in [-0.25, -0.2) is 4.98 Å². The number of hydrogen-bond donors (Lipinski definition) is 0. The largest absolute Gasteiger partial charge is 0.417 e. The third kappa shape index (κ3) is 2.18. The first-order valence-corrected chi connectivity index (χ1v) is 6.81. The summed E-state index contributed by atoms with van der Waals surface area (Å²) in [5, 5.41) is 0.844. The van der Waals surface area contributed by atoms with E-state index < -0.39 is 11.7 Å². The van der Waals surface area contributed by atoms with Crippen molar-refractivity contribution in [3.63, 3.8) is 0 Å². The van der Waals surface area contributed by atoms with Gasteiger partial charge in [0.25, 0.3) is 0 Å². The molecule has 0 amide bonds. The predicted molar refractivity (Wildman–Crippen MR) is 74.8 cm³/mol. The summed E-state index contributed by atoms with van der Waals surface area (Å²) < 4.78 is 40.3. The maximum atomic E-state index is 13.1. The van der Waals surface area contributed by atoms with Crippen LogP contribution in [-0.4, -0.2) is 4.98 Å². The highest BCUT2D eigenvalue weighted by Crippen LogP contribution is 2.39. The fraction of sp³-hybridized carbons (Fsp3) is 0.133. The number of aromatic nitrogens is 1. The number of thiazole rings is 1. The molecule has 20 heavy (non-hydrogen) atoms. The van der Waals surface area contributed by atoms with Crippen LogP contribution in [-0.2, 0) is 6.18 Å². The van der Waals surface area contributed by atoms with E-state index in [1.54, 1.807) is 18.2 Å². The van der Waals surface area contributed by atoms with Crippen LogP contribution in [0.5, 0.6) is 0 Å². The van der Waals surface area contributed by atoms with Gasteiger partial charge < -0.3 is 0 Å². The molecule has 0 radical (unpaired) electrons. The molecule has 0 fully saturated rings. The second kappa shape index (κ2) is 4.59. The maximum absolute atomic E-state index is 13.1. The second-order valence-electron chi connectivity index (χ2n) is 4.43. The Morgan fingerprint density at radius 2 is 1.65 bits per heavy atom. The quantitative estimate of drug-likeness (QED) is 0.594. The fourth-order valence-electron chi connectivity index (χ4n) is 2.24. The minimum absolute atomic E-state index is 0.177. The van der Waals surface area contributed by atoms with E-state index in [1.165, 1.54) is 23.5 Å². The van der Waals surface area contributed by atoms with E-state index in [0.717, 1.165) is 15.8 Å². The van der Waals surface area contributed by atoms with Crippen molar-refractivity contribution in [2.75, 3.05) is 0 Å². The fourth-order valence-corrected chi connectivity index (χ4v) is 3.10. The molecule has 0 saturated heterocycles. The summed E-state index contributed by atoms with van der Waals surface area (Å²) in [7, 11) is 0. The van der Waals surface area contributed by atoms with Crippen molar-refractivity contribution >= 4 is 21.6 Å². The van der Waals surface area contributed by atoms with Gasteiger partial charge in [-0.2, -0.15) is 13.2 Å². The Labute approximate surface area is 117 Å². The standard InChI is InChI=1S/C15H10F3NS/c1-9-19-14-11(6-4-8-13(14)20-9)10-5-2-3-7-12(10)15(16,17)18/h2-8H,1H3. The van der Waals surface area contributed by atoms with Gasteiger partial charge in [0.05, 0.1) is 20.8 Å². The van der Waals surface area contributed by atoms with Gasteiger partial charge in [0.15, 0.2) is 0 Å². The number of nitrogens with zero attached hydrogens (tertiary/aromatic N) is 1. The Kier molecular flexibility index (Phi) is 3.01. The predicted octanol–water partition coefficient (Wildman–Crippen LogP) is 5.29. The van der Waals surface area contributed by atoms with Crippen LogP contribution in [0.4, 0.5) is 13.2 Å². The average Bonchev–Trinajstić information content (AvgIpc) is 2.77. The molecular formula is C15H10F3NS. The van der Waals surface area contributed by atoms with E-state index >= 15 is 0 Å². The van der Waals surface area contributed by atoms with E-state index in [9.17, 15) is 13.2 Å². The Morgan fingerprint density at radius 1 is 0.950 bits per heavy atom. The molecule has 1 heterocycles. The van der Waals surface area contributed by atoms with Gasteiger partial charge in [-0.05, 0) is 24.6 Å². The lowest BCUT2D eigenvalue weighted by Gasteiger charge is -2.13. The van der Waals surface area contributed by atoms with Crippen LogP contribution >= 0.6 is 11.3 Å². The molecule has 0 bridgehead atoms. The van der Waals surface area contributed by atoms with Crippen LogP contribution in [0.25, 0.3) is 21.3 Å². The number of alkyl halides is 3. The van der Waals surface area contributed by atoms with Crippen LogP contribution in [0, 0.1) is 6.92 Å². The average molecular weight is 293 g/mol. The maximum Gasteiger partial charge on any atom is 0.417 e. The number of halogens is 3. The number of hydrogen-bond acceptors (Lipinski definition) is 2. The lowest BCUT2D eigenvalue weighted by atomic mass is 9.98. The molecule has 0 unspecified atom stereocenters. The van der Waals surface area contributed by atoms with Crippen LogP contribution in [0.3, 0.4) is 0 Å². The third-order valence-electron chi connectivity index (χ3n) is 3.05. The molecule has 0 atom stereocenters. The number of para-hydroxylation sites is 1. The highest BCUT2D eigenvalue weighted by atomic mass is 32.1. The van der Waals surface area contributed by atoms with Crippen molar-refractivity contribution in [1.82, 2.24) is 4.98 Å². The monoisotopic (exact) mass is 293 g/mol. The van der Waals surface area contributed by atoms with Gasteiger partial charge in [-0.3, -0.25) is 0 Å². The molecule has 2 aromatic carbocycles. The first-order valence-electron chi connectivity index (χ1n) is 5.99. The summed E-state index contributed by atoms with van der Waals surface area (Å²) in [5.74, 6) is 0. The molecule has 0 aliphatic carbocycles. The van der Waals surface area contributed by atoms with Crippen LogP contribution in [0.2, 0.25) is 0 Å². The summed E-state index contributed by atoms with van der Waals surface area (Å²) in [4.78, 5) is 4.36. The molecule has 0 saturated carbocycles. The third-order valence-corrected chi connectivity index (χ3v) is 3.98.